The minimum atomic E-state index is -0.473. The number of ether oxygens (including phenoxy) is 1. The van der Waals surface area contributed by atoms with E-state index in [1.54, 1.807) is 7.11 Å². The maximum atomic E-state index is 12.4. The predicted molar refractivity (Wildman–Crippen MR) is 71.8 cm³/mol. The number of carbonyl (C=O) groups is 1. The molecular weight excluding hydrogens is 226 g/mol. The number of methoxy groups -OCH3 is 1. The quantitative estimate of drug-likeness (QED) is 0.889. The van der Waals surface area contributed by atoms with Crippen LogP contribution in [0.5, 0.6) is 5.75 Å². The summed E-state index contributed by atoms with van der Waals surface area (Å²) in [5.41, 5.74) is 0.592. The van der Waals surface area contributed by atoms with Crippen molar-refractivity contribution < 1.29 is 9.53 Å². The molecule has 1 aromatic carbocycles. The van der Waals surface area contributed by atoms with Crippen molar-refractivity contribution in [1.29, 1.82) is 0 Å². The van der Waals surface area contributed by atoms with Crippen molar-refractivity contribution in [3.63, 3.8) is 0 Å². The van der Waals surface area contributed by atoms with Gasteiger partial charge in [-0.15, -0.1) is 0 Å². The van der Waals surface area contributed by atoms with Crippen LogP contribution >= 0.6 is 0 Å². The molecule has 0 saturated heterocycles. The number of hydrogen-bond acceptors (Lipinski definition) is 3. The van der Waals surface area contributed by atoms with Gasteiger partial charge in [0.25, 0.3) is 0 Å². The molecular formula is C15H21NO2. The van der Waals surface area contributed by atoms with Crippen LogP contribution in [0.1, 0.15) is 38.2 Å². The van der Waals surface area contributed by atoms with E-state index in [0.717, 1.165) is 37.1 Å². The molecule has 1 aliphatic carbocycles. The van der Waals surface area contributed by atoms with Crippen molar-refractivity contribution in [3.05, 3.63) is 29.8 Å². The molecule has 0 aromatic heterocycles. The van der Waals surface area contributed by atoms with E-state index in [9.17, 15) is 4.79 Å². The number of likely N-dealkylation sites (N-methyl/N-ethyl adjacent to an activating group) is 1. The van der Waals surface area contributed by atoms with Crippen LogP contribution < -0.4 is 10.1 Å². The summed E-state index contributed by atoms with van der Waals surface area (Å²) in [5, 5.41) is 3.41. The maximum absolute atomic E-state index is 12.4. The van der Waals surface area contributed by atoms with Crippen molar-refractivity contribution in [1.82, 2.24) is 5.32 Å². The summed E-state index contributed by atoms with van der Waals surface area (Å²) in [6.45, 7) is 2.85. The summed E-state index contributed by atoms with van der Waals surface area (Å²) >= 11 is 0. The zero-order valence-electron chi connectivity index (χ0n) is 11.2. The highest BCUT2D eigenvalue weighted by Crippen LogP contribution is 2.35. The molecule has 1 aliphatic rings. The smallest absolute Gasteiger partial charge is 0.157 e. The molecule has 0 amide bonds. The largest absolute Gasteiger partial charge is 0.497 e. The Labute approximate surface area is 109 Å². The molecule has 0 radical (unpaired) electrons. The number of benzene rings is 1. The molecule has 18 heavy (non-hydrogen) atoms. The van der Waals surface area contributed by atoms with E-state index in [0.29, 0.717) is 12.2 Å². The van der Waals surface area contributed by atoms with E-state index in [-0.39, 0.29) is 0 Å². The monoisotopic (exact) mass is 247 g/mol. The molecule has 1 atom stereocenters. The van der Waals surface area contributed by atoms with Gasteiger partial charge in [-0.25, -0.2) is 0 Å². The Hall–Kier alpha value is -1.35. The Morgan fingerprint density at radius 2 is 2.00 bits per heavy atom. The van der Waals surface area contributed by atoms with Gasteiger partial charge < -0.3 is 10.1 Å². The lowest BCUT2D eigenvalue weighted by molar-refractivity contribution is -0.128. The predicted octanol–water partition coefficient (Wildman–Crippen LogP) is 2.64. The first kappa shape index (κ1) is 13.1. The molecule has 0 aliphatic heterocycles. The molecule has 3 heteroatoms. The van der Waals surface area contributed by atoms with Gasteiger partial charge in [-0.1, -0.05) is 25.5 Å². The first-order valence-electron chi connectivity index (χ1n) is 6.66. The standard InChI is InChI=1S/C15H21NO2/c1-3-16-15(11-5-4-6-14(15)17)12-7-9-13(18-2)10-8-12/h7-10,16H,3-6,11H2,1-2H3/t15-/m1/s1. The maximum Gasteiger partial charge on any atom is 0.157 e. The van der Waals surface area contributed by atoms with Crippen LogP contribution in [0.4, 0.5) is 0 Å². The fourth-order valence-corrected chi connectivity index (χ4v) is 2.80. The van der Waals surface area contributed by atoms with Crippen molar-refractivity contribution in [2.45, 2.75) is 38.1 Å². The molecule has 2 rings (SSSR count). The number of carbonyl (C=O) groups excluding carboxylic acids is 1. The van der Waals surface area contributed by atoms with Crippen LogP contribution in [0.25, 0.3) is 0 Å². The zero-order chi connectivity index (χ0) is 13.0. The van der Waals surface area contributed by atoms with Crippen molar-refractivity contribution >= 4 is 5.78 Å². The Bertz CT molecular complexity index is 409. The number of ketones is 1. The first-order chi connectivity index (χ1) is 8.73. The van der Waals surface area contributed by atoms with Crippen LogP contribution in [0.15, 0.2) is 24.3 Å². The minimum Gasteiger partial charge on any atom is -0.497 e. The molecule has 1 saturated carbocycles. The molecule has 1 aromatic rings. The zero-order valence-corrected chi connectivity index (χ0v) is 11.2. The third kappa shape index (κ3) is 2.27. The Balaban J connectivity index is 2.35. The number of hydrogen-bond donors (Lipinski definition) is 1. The van der Waals surface area contributed by atoms with Crippen LogP contribution in [-0.2, 0) is 10.3 Å². The van der Waals surface area contributed by atoms with Gasteiger partial charge >= 0.3 is 0 Å². The highest BCUT2D eigenvalue weighted by atomic mass is 16.5. The van der Waals surface area contributed by atoms with Crippen LogP contribution in [0.3, 0.4) is 0 Å². The normalized spacial score (nSPS) is 24.0. The van der Waals surface area contributed by atoms with Gasteiger partial charge in [-0.3, -0.25) is 4.79 Å². The number of nitrogens with one attached hydrogen (secondary N) is 1. The van der Waals surface area contributed by atoms with Crippen LogP contribution in [0, 0.1) is 0 Å². The van der Waals surface area contributed by atoms with Gasteiger partial charge in [0.1, 0.15) is 11.3 Å². The van der Waals surface area contributed by atoms with Gasteiger partial charge in [0, 0.05) is 6.42 Å². The topological polar surface area (TPSA) is 38.3 Å². The summed E-state index contributed by atoms with van der Waals surface area (Å²) in [4.78, 5) is 12.4. The van der Waals surface area contributed by atoms with Crippen molar-refractivity contribution in [2.24, 2.45) is 0 Å². The summed E-state index contributed by atoms with van der Waals surface area (Å²) in [6, 6.07) is 7.86. The second kappa shape index (κ2) is 5.53. The average molecular weight is 247 g/mol. The summed E-state index contributed by atoms with van der Waals surface area (Å²) in [7, 11) is 1.65. The first-order valence-corrected chi connectivity index (χ1v) is 6.66. The molecule has 0 bridgehead atoms. The lowest BCUT2D eigenvalue weighted by Gasteiger charge is -2.37. The summed E-state index contributed by atoms with van der Waals surface area (Å²) in [6.07, 6.45) is 3.69. The van der Waals surface area contributed by atoms with Gasteiger partial charge in [0.15, 0.2) is 5.78 Å². The van der Waals surface area contributed by atoms with E-state index in [4.69, 9.17) is 4.74 Å². The lowest BCUT2D eigenvalue weighted by atomic mass is 9.75. The van der Waals surface area contributed by atoms with Crippen LogP contribution in [0.2, 0.25) is 0 Å². The van der Waals surface area contributed by atoms with Crippen LogP contribution in [-0.4, -0.2) is 19.4 Å². The van der Waals surface area contributed by atoms with Gasteiger partial charge in [0.2, 0.25) is 0 Å². The van der Waals surface area contributed by atoms with E-state index in [2.05, 4.69) is 5.32 Å². The molecule has 0 heterocycles. The third-order valence-electron chi connectivity index (χ3n) is 3.74. The minimum absolute atomic E-state index is 0.320. The third-order valence-corrected chi connectivity index (χ3v) is 3.74. The molecule has 0 unspecified atom stereocenters. The van der Waals surface area contributed by atoms with Crippen molar-refractivity contribution in [3.8, 4) is 5.75 Å². The Morgan fingerprint density at radius 3 is 2.56 bits per heavy atom. The fraction of sp³-hybridized carbons (Fsp3) is 0.533. The summed E-state index contributed by atoms with van der Waals surface area (Å²) < 4.78 is 5.17. The summed E-state index contributed by atoms with van der Waals surface area (Å²) in [5.74, 6) is 1.15. The number of rotatable bonds is 4. The number of Topliss-reactive ketones (excluding diaryl/α,β-unsaturated/α-hetero) is 1. The molecule has 1 N–H and O–H groups in total. The highest BCUT2D eigenvalue weighted by molar-refractivity contribution is 5.90. The van der Waals surface area contributed by atoms with Gasteiger partial charge in [-0.05, 0) is 37.1 Å². The highest BCUT2D eigenvalue weighted by Gasteiger charge is 2.40. The Morgan fingerprint density at radius 1 is 1.28 bits per heavy atom. The fourth-order valence-electron chi connectivity index (χ4n) is 2.80. The van der Waals surface area contributed by atoms with Gasteiger partial charge in [0.05, 0.1) is 7.11 Å². The molecule has 1 fully saturated rings. The van der Waals surface area contributed by atoms with E-state index in [1.807, 2.05) is 31.2 Å². The second-order valence-corrected chi connectivity index (χ2v) is 4.79. The Kier molecular flexibility index (Phi) is 4.02. The molecule has 98 valence electrons. The van der Waals surface area contributed by atoms with E-state index < -0.39 is 5.54 Å². The van der Waals surface area contributed by atoms with Gasteiger partial charge in [-0.2, -0.15) is 0 Å². The lowest BCUT2D eigenvalue weighted by Crippen LogP contribution is -2.50. The van der Waals surface area contributed by atoms with E-state index in [1.165, 1.54) is 0 Å². The molecule has 3 nitrogen and oxygen atoms in total. The SMILES string of the molecule is CCN[C@@]1(c2ccc(OC)cc2)CCCCC1=O. The molecule has 0 spiro atoms. The average Bonchev–Trinajstić information content (AvgIpc) is 2.42. The second-order valence-electron chi connectivity index (χ2n) is 4.79. The van der Waals surface area contributed by atoms with Crippen molar-refractivity contribution in [2.75, 3.05) is 13.7 Å². The van der Waals surface area contributed by atoms with E-state index >= 15 is 0 Å².